The number of nitriles is 1. The van der Waals surface area contributed by atoms with Gasteiger partial charge in [-0.2, -0.15) is 18.4 Å². The predicted molar refractivity (Wildman–Crippen MR) is 117 cm³/mol. The number of carbonyl (C=O) groups excluding carboxylic acids is 1. The Morgan fingerprint density at radius 2 is 1.89 bits per heavy atom. The van der Waals surface area contributed by atoms with Crippen LogP contribution in [0.25, 0.3) is 23.2 Å². The van der Waals surface area contributed by atoms with Crippen LogP contribution in [0.1, 0.15) is 41.5 Å². The standard InChI is InChI=1S/C23H19F3N8O/c1-13-30-21(16-4-19(15-2-3-15)31-20(5-16)23(24,25)26)32-34(13)11-18(17-7-28-12-29-8-17)22(35)33-9-14(6-27)10-33/h4-5,7-8,11-12,14-15H,2-3,9-10H2,1H3. The molecule has 3 aromatic heterocycles. The van der Waals surface area contributed by atoms with Crippen LogP contribution in [0.4, 0.5) is 13.2 Å². The van der Waals surface area contributed by atoms with Crippen LogP contribution in [0, 0.1) is 24.2 Å². The summed E-state index contributed by atoms with van der Waals surface area (Å²) in [6.45, 7) is 2.26. The maximum atomic E-state index is 13.5. The second-order valence-corrected chi connectivity index (χ2v) is 8.57. The molecule has 1 amide bonds. The molecule has 2 fully saturated rings. The Kier molecular flexibility index (Phi) is 5.55. The van der Waals surface area contributed by atoms with Crippen molar-refractivity contribution in [2.75, 3.05) is 13.1 Å². The van der Waals surface area contributed by atoms with Crippen molar-refractivity contribution >= 4 is 17.7 Å². The van der Waals surface area contributed by atoms with E-state index in [1.807, 2.05) is 0 Å². The van der Waals surface area contributed by atoms with Crippen LogP contribution in [0.5, 0.6) is 0 Å². The molecule has 3 aromatic rings. The van der Waals surface area contributed by atoms with E-state index in [0.717, 1.165) is 18.9 Å². The Bertz CT molecular complexity index is 1350. The van der Waals surface area contributed by atoms with E-state index >= 15 is 0 Å². The molecule has 0 atom stereocenters. The first-order valence-corrected chi connectivity index (χ1v) is 10.9. The van der Waals surface area contributed by atoms with Gasteiger partial charge in [0.1, 0.15) is 17.8 Å². The van der Waals surface area contributed by atoms with Crippen molar-refractivity contribution in [2.24, 2.45) is 5.92 Å². The Labute approximate surface area is 198 Å². The molecule has 9 nitrogen and oxygen atoms in total. The molecule has 1 aliphatic heterocycles. The molecule has 0 radical (unpaired) electrons. The highest BCUT2D eigenvalue weighted by Gasteiger charge is 2.36. The number of aromatic nitrogens is 6. The number of carbonyl (C=O) groups is 1. The third-order valence-corrected chi connectivity index (χ3v) is 5.90. The van der Waals surface area contributed by atoms with Crippen molar-refractivity contribution in [2.45, 2.75) is 31.9 Å². The monoisotopic (exact) mass is 480 g/mol. The minimum absolute atomic E-state index is 0.00944. The Morgan fingerprint density at radius 1 is 1.17 bits per heavy atom. The van der Waals surface area contributed by atoms with Crippen molar-refractivity contribution in [3.05, 3.63) is 53.6 Å². The van der Waals surface area contributed by atoms with Gasteiger partial charge in [-0.3, -0.25) is 4.79 Å². The van der Waals surface area contributed by atoms with Gasteiger partial charge in [-0.15, -0.1) is 5.10 Å². The third kappa shape index (κ3) is 4.62. The third-order valence-electron chi connectivity index (χ3n) is 5.90. The zero-order valence-corrected chi connectivity index (χ0v) is 18.6. The fourth-order valence-corrected chi connectivity index (χ4v) is 3.77. The van der Waals surface area contributed by atoms with Gasteiger partial charge in [0.05, 0.1) is 17.6 Å². The smallest absolute Gasteiger partial charge is 0.336 e. The first-order chi connectivity index (χ1) is 16.7. The first kappa shape index (κ1) is 22.6. The fraction of sp³-hybridized carbons (Fsp3) is 0.348. The summed E-state index contributed by atoms with van der Waals surface area (Å²) < 4.78 is 41.7. The lowest BCUT2D eigenvalue weighted by Crippen LogP contribution is -2.49. The molecule has 4 heterocycles. The molecular formula is C23H19F3N8O. The lowest BCUT2D eigenvalue weighted by Gasteiger charge is -2.35. The van der Waals surface area contributed by atoms with E-state index in [0.29, 0.717) is 30.2 Å². The quantitative estimate of drug-likeness (QED) is 0.515. The summed E-state index contributed by atoms with van der Waals surface area (Å²) in [4.78, 5) is 30.8. The van der Waals surface area contributed by atoms with Gasteiger partial charge in [0.25, 0.3) is 5.91 Å². The minimum Gasteiger partial charge on any atom is -0.336 e. The number of amides is 1. The Hall–Kier alpha value is -4.14. The summed E-state index contributed by atoms with van der Waals surface area (Å²) >= 11 is 0. The summed E-state index contributed by atoms with van der Waals surface area (Å²) in [5.41, 5.74) is 0.268. The number of halogens is 3. The van der Waals surface area contributed by atoms with Crippen LogP contribution in [-0.2, 0) is 11.0 Å². The van der Waals surface area contributed by atoms with E-state index in [4.69, 9.17) is 5.26 Å². The van der Waals surface area contributed by atoms with Crippen LogP contribution >= 0.6 is 0 Å². The van der Waals surface area contributed by atoms with Crippen molar-refractivity contribution in [1.82, 2.24) is 34.6 Å². The van der Waals surface area contributed by atoms with E-state index in [2.05, 4.69) is 31.1 Å². The number of hydrogen-bond acceptors (Lipinski definition) is 7. The second-order valence-electron chi connectivity index (χ2n) is 8.57. The SMILES string of the molecule is Cc1nc(-c2cc(C3CC3)nc(C(F)(F)F)c2)nn1C=C(C(=O)N1CC(C#N)C1)c1cncnc1. The van der Waals surface area contributed by atoms with E-state index in [-0.39, 0.29) is 34.7 Å². The largest absolute Gasteiger partial charge is 0.433 e. The second kappa shape index (κ2) is 8.57. The normalized spacial score (nSPS) is 16.7. The summed E-state index contributed by atoms with van der Waals surface area (Å²) in [5.74, 6) is -0.0727. The summed E-state index contributed by atoms with van der Waals surface area (Å²) in [6, 6.07) is 4.66. The highest BCUT2D eigenvalue weighted by Crippen LogP contribution is 2.41. The van der Waals surface area contributed by atoms with Crippen LogP contribution in [-0.4, -0.2) is 53.6 Å². The average Bonchev–Trinajstić information content (AvgIpc) is 3.59. The van der Waals surface area contributed by atoms with Gasteiger partial charge in [0.15, 0.2) is 5.82 Å². The van der Waals surface area contributed by atoms with Gasteiger partial charge in [-0.1, -0.05) is 0 Å². The van der Waals surface area contributed by atoms with E-state index in [1.54, 1.807) is 13.0 Å². The number of aryl methyl sites for hydroxylation is 1. The van der Waals surface area contributed by atoms with Crippen LogP contribution in [0.2, 0.25) is 0 Å². The van der Waals surface area contributed by atoms with Crippen molar-refractivity contribution in [3.8, 4) is 17.5 Å². The number of pyridine rings is 1. The molecule has 2 aliphatic rings. The van der Waals surface area contributed by atoms with Crippen LogP contribution in [0.3, 0.4) is 0 Å². The highest BCUT2D eigenvalue weighted by atomic mass is 19.4. The Morgan fingerprint density at radius 3 is 2.51 bits per heavy atom. The summed E-state index contributed by atoms with van der Waals surface area (Å²) in [7, 11) is 0. The molecule has 0 bridgehead atoms. The van der Waals surface area contributed by atoms with Gasteiger partial charge >= 0.3 is 6.18 Å². The van der Waals surface area contributed by atoms with E-state index in [1.165, 1.54) is 34.5 Å². The molecular weight excluding hydrogens is 461 g/mol. The van der Waals surface area contributed by atoms with Crippen molar-refractivity contribution in [3.63, 3.8) is 0 Å². The predicted octanol–water partition coefficient (Wildman–Crippen LogP) is 3.31. The maximum absolute atomic E-state index is 13.5. The molecule has 1 saturated heterocycles. The van der Waals surface area contributed by atoms with Crippen molar-refractivity contribution in [1.29, 1.82) is 5.26 Å². The van der Waals surface area contributed by atoms with Gasteiger partial charge < -0.3 is 4.90 Å². The molecule has 35 heavy (non-hydrogen) atoms. The topological polar surface area (TPSA) is 113 Å². The average molecular weight is 480 g/mol. The summed E-state index contributed by atoms with van der Waals surface area (Å²) in [5, 5.41) is 13.4. The first-order valence-electron chi connectivity index (χ1n) is 10.9. The number of alkyl halides is 3. The van der Waals surface area contributed by atoms with E-state index < -0.39 is 11.9 Å². The van der Waals surface area contributed by atoms with Gasteiger partial charge in [-0.05, 0) is 31.9 Å². The zero-order chi connectivity index (χ0) is 24.7. The molecule has 12 heteroatoms. The zero-order valence-electron chi connectivity index (χ0n) is 18.6. The molecule has 5 rings (SSSR count). The van der Waals surface area contributed by atoms with Gasteiger partial charge in [0.2, 0.25) is 0 Å². The summed E-state index contributed by atoms with van der Waals surface area (Å²) in [6.07, 6.45) is 2.75. The lowest BCUT2D eigenvalue weighted by molar-refractivity contribution is -0.141. The maximum Gasteiger partial charge on any atom is 0.433 e. The molecule has 0 unspecified atom stereocenters. The van der Waals surface area contributed by atoms with Gasteiger partial charge in [-0.25, -0.2) is 24.6 Å². The number of likely N-dealkylation sites (tertiary alicyclic amines) is 1. The van der Waals surface area contributed by atoms with E-state index in [9.17, 15) is 18.0 Å². The molecule has 0 aromatic carbocycles. The highest BCUT2D eigenvalue weighted by molar-refractivity contribution is 6.23. The minimum atomic E-state index is -4.59. The Balaban J connectivity index is 1.53. The fourth-order valence-electron chi connectivity index (χ4n) is 3.77. The molecule has 1 saturated carbocycles. The molecule has 178 valence electrons. The molecule has 1 aliphatic carbocycles. The lowest BCUT2D eigenvalue weighted by atomic mass is 9.99. The molecule has 0 spiro atoms. The number of rotatable bonds is 5. The molecule has 0 N–H and O–H groups in total. The van der Waals surface area contributed by atoms with Crippen molar-refractivity contribution < 1.29 is 18.0 Å². The van der Waals surface area contributed by atoms with Crippen LogP contribution < -0.4 is 0 Å². The van der Waals surface area contributed by atoms with Gasteiger partial charge in [0, 0.05) is 54.4 Å². The van der Waals surface area contributed by atoms with Crippen LogP contribution in [0.15, 0.2) is 30.9 Å². The number of hydrogen-bond donors (Lipinski definition) is 0. The number of nitrogens with zero attached hydrogens (tertiary/aromatic N) is 8.